The lowest BCUT2D eigenvalue weighted by molar-refractivity contribution is 0.0986. The van der Waals surface area contributed by atoms with Gasteiger partial charge < -0.3 is 10.2 Å². The molecule has 3 heteroatoms. The number of Topliss-reactive ketones (excluding diaryl/α,β-unsaturated/α-hetero) is 1. The number of benzene rings is 2. The Morgan fingerprint density at radius 2 is 1.52 bits per heavy atom. The monoisotopic (exact) mass is 305 g/mol. The van der Waals surface area contributed by atoms with Crippen molar-refractivity contribution in [2.45, 2.75) is 19.3 Å². The molecule has 23 heavy (non-hydrogen) atoms. The van der Waals surface area contributed by atoms with Gasteiger partial charge >= 0.3 is 0 Å². The van der Waals surface area contributed by atoms with Crippen molar-refractivity contribution in [3.63, 3.8) is 0 Å². The van der Waals surface area contributed by atoms with E-state index < -0.39 is 0 Å². The van der Waals surface area contributed by atoms with Gasteiger partial charge in [0.2, 0.25) is 0 Å². The highest BCUT2D eigenvalue weighted by molar-refractivity contribution is 5.97. The summed E-state index contributed by atoms with van der Waals surface area (Å²) in [6.45, 7) is 0. The summed E-state index contributed by atoms with van der Waals surface area (Å²) in [7, 11) is 0. The molecule has 0 bridgehead atoms. The molecule has 116 valence electrons. The Morgan fingerprint density at radius 3 is 2.30 bits per heavy atom. The summed E-state index contributed by atoms with van der Waals surface area (Å²) in [6.07, 6.45) is 1.89. The van der Waals surface area contributed by atoms with Gasteiger partial charge in [-0.05, 0) is 30.2 Å². The summed E-state index contributed by atoms with van der Waals surface area (Å²) in [5.41, 5.74) is 8.58. The summed E-state index contributed by atoms with van der Waals surface area (Å²) in [5, 5.41) is 0. The lowest BCUT2D eigenvalue weighted by Crippen LogP contribution is -2.02. The van der Waals surface area contributed by atoms with Crippen LogP contribution in [-0.4, -0.2) is 5.78 Å². The first-order valence-electron chi connectivity index (χ1n) is 7.71. The van der Waals surface area contributed by atoms with Crippen LogP contribution in [0.25, 0.3) is 0 Å². The molecule has 0 fully saturated rings. The van der Waals surface area contributed by atoms with Crippen molar-refractivity contribution in [2.75, 3.05) is 5.73 Å². The van der Waals surface area contributed by atoms with E-state index in [0.717, 1.165) is 29.9 Å². The Bertz CT molecular complexity index is 790. The Kier molecular flexibility index (Phi) is 4.57. The number of nitrogen functional groups attached to an aromatic ring is 1. The van der Waals surface area contributed by atoms with E-state index in [0.29, 0.717) is 11.3 Å². The van der Waals surface area contributed by atoms with E-state index in [1.165, 1.54) is 0 Å². The predicted octanol–water partition coefficient (Wildman–Crippen LogP) is 4.07. The normalized spacial score (nSPS) is 10.6. The van der Waals surface area contributed by atoms with Gasteiger partial charge in [0.05, 0.1) is 6.42 Å². The van der Waals surface area contributed by atoms with Crippen molar-refractivity contribution in [1.29, 1.82) is 0 Å². The second kappa shape index (κ2) is 6.97. The van der Waals surface area contributed by atoms with Crippen molar-refractivity contribution in [1.82, 2.24) is 0 Å². The van der Waals surface area contributed by atoms with Crippen LogP contribution in [0.3, 0.4) is 0 Å². The molecule has 0 atom stereocenters. The summed E-state index contributed by atoms with van der Waals surface area (Å²) in [5.74, 6) is 1.65. The molecule has 3 aromatic rings. The van der Waals surface area contributed by atoms with Crippen molar-refractivity contribution < 1.29 is 9.21 Å². The molecule has 0 aliphatic rings. The largest absolute Gasteiger partial charge is 0.466 e. The number of carbonyl (C=O) groups is 1. The molecule has 0 aliphatic heterocycles. The Balaban J connectivity index is 1.60. The second-order valence-corrected chi connectivity index (χ2v) is 5.53. The Hall–Kier alpha value is -2.81. The number of hydrogen-bond acceptors (Lipinski definition) is 3. The number of ketones is 1. The molecule has 3 rings (SSSR count). The molecule has 0 amide bonds. The van der Waals surface area contributed by atoms with E-state index in [2.05, 4.69) is 0 Å². The second-order valence-electron chi connectivity index (χ2n) is 5.53. The summed E-state index contributed by atoms with van der Waals surface area (Å²) >= 11 is 0. The van der Waals surface area contributed by atoms with Gasteiger partial charge in [-0.3, -0.25) is 4.79 Å². The van der Waals surface area contributed by atoms with Gasteiger partial charge in [-0.1, -0.05) is 48.5 Å². The number of anilines is 1. The number of para-hydroxylation sites is 1. The molecule has 2 N–H and O–H groups in total. The molecule has 3 nitrogen and oxygen atoms in total. The molecule has 0 saturated heterocycles. The number of nitrogens with two attached hydrogens (primary N) is 1. The quantitative estimate of drug-likeness (QED) is 0.551. The van der Waals surface area contributed by atoms with E-state index in [1.54, 1.807) is 0 Å². The maximum Gasteiger partial charge on any atom is 0.170 e. The minimum absolute atomic E-state index is 0.0683. The SMILES string of the molecule is Nc1ccccc1CCc1ccc(CC(=O)c2ccccc2)o1. The van der Waals surface area contributed by atoms with Gasteiger partial charge in [0.25, 0.3) is 0 Å². The highest BCUT2D eigenvalue weighted by Gasteiger charge is 2.10. The van der Waals surface area contributed by atoms with Crippen molar-refractivity contribution in [3.05, 3.63) is 89.4 Å². The van der Waals surface area contributed by atoms with Crippen molar-refractivity contribution >= 4 is 11.5 Å². The molecule has 1 aromatic heterocycles. The summed E-state index contributed by atoms with van der Waals surface area (Å²) in [6, 6.07) is 20.9. The molecular weight excluding hydrogens is 286 g/mol. The van der Waals surface area contributed by atoms with Gasteiger partial charge in [-0.2, -0.15) is 0 Å². The zero-order chi connectivity index (χ0) is 16.1. The molecule has 2 aromatic carbocycles. The molecule has 0 saturated carbocycles. The first kappa shape index (κ1) is 15.1. The third kappa shape index (κ3) is 3.89. The van der Waals surface area contributed by atoms with Crippen LogP contribution in [0.1, 0.15) is 27.4 Å². The van der Waals surface area contributed by atoms with Crippen LogP contribution in [-0.2, 0) is 19.3 Å². The molecule has 0 aliphatic carbocycles. The van der Waals surface area contributed by atoms with E-state index in [9.17, 15) is 4.79 Å². The first-order valence-corrected chi connectivity index (χ1v) is 7.71. The zero-order valence-electron chi connectivity index (χ0n) is 12.9. The van der Waals surface area contributed by atoms with Crippen molar-refractivity contribution in [3.8, 4) is 0 Å². The summed E-state index contributed by atoms with van der Waals surface area (Å²) in [4.78, 5) is 12.2. The minimum Gasteiger partial charge on any atom is -0.466 e. The maximum atomic E-state index is 12.2. The summed E-state index contributed by atoms with van der Waals surface area (Å²) < 4.78 is 5.78. The van der Waals surface area contributed by atoms with E-state index in [1.807, 2.05) is 66.7 Å². The van der Waals surface area contributed by atoms with Crippen LogP contribution < -0.4 is 5.73 Å². The highest BCUT2D eigenvalue weighted by atomic mass is 16.3. The van der Waals surface area contributed by atoms with Gasteiger partial charge in [-0.15, -0.1) is 0 Å². The van der Waals surface area contributed by atoms with Crippen LogP contribution in [0.4, 0.5) is 5.69 Å². The number of aryl methyl sites for hydroxylation is 2. The van der Waals surface area contributed by atoms with Gasteiger partial charge in [-0.25, -0.2) is 0 Å². The first-order chi connectivity index (χ1) is 11.2. The predicted molar refractivity (Wildman–Crippen MR) is 91.4 cm³/mol. The minimum atomic E-state index is 0.0683. The van der Waals surface area contributed by atoms with E-state index in [4.69, 9.17) is 10.2 Å². The molecule has 0 radical (unpaired) electrons. The maximum absolute atomic E-state index is 12.2. The van der Waals surface area contributed by atoms with Crippen LogP contribution in [0.15, 0.2) is 71.1 Å². The van der Waals surface area contributed by atoms with Gasteiger partial charge in [0, 0.05) is 17.7 Å². The van der Waals surface area contributed by atoms with Crippen LogP contribution in [0.5, 0.6) is 0 Å². The average Bonchev–Trinajstić information content (AvgIpc) is 3.02. The fourth-order valence-corrected chi connectivity index (χ4v) is 2.56. The number of furan rings is 1. The number of hydrogen-bond donors (Lipinski definition) is 1. The third-order valence-corrected chi connectivity index (χ3v) is 3.84. The number of carbonyl (C=O) groups excluding carboxylic acids is 1. The zero-order valence-corrected chi connectivity index (χ0v) is 12.9. The van der Waals surface area contributed by atoms with Crippen LogP contribution in [0.2, 0.25) is 0 Å². The van der Waals surface area contributed by atoms with Gasteiger partial charge in [0.1, 0.15) is 11.5 Å². The van der Waals surface area contributed by atoms with E-state index in [-0.39, 0.29) is 12.2 Å². The molecule has 1 heterocycles. The molecular formula is C20H19NO2. The topological polar surface area (TPSA) is 56.2 Å². The number of rotatable bonds is 6. The van der Waals surface area contributed by atoms with Crippen molar-refractivity contribution in [2.24, 2.45) is 0 Å². The fourth-order valence-electron chi connectivity index (χ4n) is 2.56. The van der Waals surface area contributed by atoms with Gasteiger partial charge in [0.15, 0.2) is 5.78 Å². The Labute approximate surface area is 135 Å². The lowest BCUT2D eigenvalue weighted by Gasteiger charge is -2.03. The molecule has 0 unspecified atom stereocenters. The fraction of sp³-hybridized carbons (Fsp3) is 0.150. The highest BCUT2D eigenvalue weighted by Crippen LogP contribution is 2.17. The van der Waals surface area contributed by atoms with Crippen LogP contribution in [0, 0.1) is 0 Å². The third-order valence-electron chi connectivity index (χ3n) is 3.84. The Morgan fingerprint density at radius 1 is 0.826 bits per heavy atom. The lowest BCUT2D eigenvalue weighted by atomic mass is 10.1. The standard InChI is InChI=1S/C20H19NO2/c21-19-9-5-4-6-15(19)10-11-17-12-13-18(23-17)14-20(22)16-7-2-1-3-8-16/h1-9,12-13H,10-11,14,21H2. The molecule has 0 spiro atoms. The average molecular weight is 305 g/mol. The van der Waals surface area contributed by atoms with Crippen LogP contribution >= 0.6 is 0 Å². The van der Waals surface area contributed by atoms with E-state index >= 15 is 0 Å². The smallest absolute Gasteiger partial charge is 0.170 e.